The molecule has 6 aromatic rings. The minimum Gasteiger partial charge on any atom is -0.456 e. The van der Waals surface area contributed by atoms with E-state index >= 15 is 0 Å². The van der Waals surface area contributed by atoms with Crippen molar-refractivity contribution >= 4 is 60.1 Å². The maximum atomic E-state index is 11.5. The first kappa shape index (κ1) is 46.6. The molecule has 5 aromatic heterocycles. The van der Waals surface area contributed by atoms with E-state index in [0.717, 1.165) is 17.7 Å². The molecule has 5 heterocycles. The molecule has 334 valence electrons. The Balaban J connectivity index is 1.17. The standard InChI is InChI=1S/C46H46N16O4/c1-9-44(63)65-29-36-20-14-18-34(55-36)25-47-59(5)40-23-42(53-31(3)51-40)61(7)49-27-38-22-39(58-46(57-38)33-16-12-11-13-17-33)28-50-62(8)43-24-41(52-32(4)54-43)60(6)48-26-35-19-15-21-37(56-35)30-66-45(64)10-2/h9-28H,1-2,29-30H2,3-8H3/b47-25+,48-26+,49-27+,50-28+. The summed E-state index contributed by atoms with van der Waals surface area (Å²) in [4.78, 5) is 59.7. The second-order valence-electron chi connectivity index (χ2n) is 14.0. The summed E-state index contributed by atoms with van der Waals surface area (Å²) in [6.45, 7) is 10.4. The monoisotopic (exact) mass is 886 g/mol. The Kier molecular flexibility index (Phi) is 15.8. The van der Waals surface area contributed by atoms with Gasteiger partial charge < -0.3 is 9.47 Å². The molecule has 0 spiro atoms. The molecule has 0 amide bonds. The lowest BCUT2D eigenvalue weighted by Gasteiger charge is -2.17. The van der Waals surface area contributed by atoms with Gasteiger partial charge in [0.2, 0.25) is 0 Å². The average molecular weight is 887 g/mol. The molecule has 0 atom stereocenters. The number of esters is 2. The molecule has 0 N–H and O–H groups in total. The summed E-state index contributed by atoms with van der Waals surface area (Å²) in [5.74, 6) is 2.45. The lowest BCUT2D eigenvalue weighted by molar-refractivity contribution is -0.139. The third kappa shape index (κ3) is 13.5. The first-order chi connectivity index (χ1) is 31.8. The Morgan fingerprint density at radius 1 is 0.500 bits per heavy atom. The smallest absolute Gasteiger partial charge is 0.330 e. The maximum Gasteiger partial charge on any atom is 0.330 e. The van der Waals surface area contributed by atoms with Crippen LogP contribution in [0.3, 0.4) is 0 Å². The van der Waals surface area contributed by atoms with E-state index in [4.69, 9.17) is 19.4 Å². The number of rotatable bonds is 19. The normalized spacial score (nSPS) is 11.3. The predicted octanol–water partition coefficient (Wildman–Crippen LogP) is 5.47. The van der Waals surface area contributed by atoms with E-state index in [9.17, 15) is 9.59 Å². The van der Waals surface area contributed by atoms with Gasteiger partial charge >= 0.3 is 11.9 Å². The number of hydrazone groups is 4. The highest BCUT2D eigenvalue weighted by molar-refractivity contribution is 5.85. The Labute approximate surface area is 381 Å². The summed E-state index contributed by atoms with van der Waals surface area (Å²) >= 11 is 0. The second kappa shape index (κ2) is 22.4. The van der Waals surface area contributed by atoms with Gasteiger partial charge in [-0.1, -0.05) is 55.6 Å². The van der Waals surface area contributed by atoms with Gasteiger partial charge in [0.1, 0.15) is 24.9 Å². The number of hydrogen-bond acceptors (Lipinski definition) is 20. The van der Waals surface area contributed by atoms with Crippen LogP contribution in [0.1, 0.15) is 45.8 Å². The summed E-state index contributed by atoms with van der Waals surface area (Å²) in [6, 6.07) is 25.5. The molecule has 0 saturated carbocycles. The number of nitrogens with zero attached hydrogens (tertiary/aromatic N) is 16. The van der Waals surface area contributed by atoms with E-state index in [0.29, 0.717) is 74.9 Å². The minimum atomic E-state index is -0.530. The van der Waals surface area contributed by atoms with Gasteiger partial charge in [-0.25, -0.2) is 49.5 Å². The fourth-order valence-corrected chi connectivity index (χ4v) is 5.60. The number of aromatic nitrogens is 8. The van der Waals surface area contributed by atoms with Crippen LogP contribution in [0.4, 0.5) is 23.3 Å². The first-order valence-electron chi connectivity index (χ1n) is 20.1. The molecule has 6 rings (SSSR count). The van der Waals surface area contributed by atoms with Crippen molar-refractivity contribution in [2.24, 2.45) is 20.4 Å². The Morgan fingerprint density at radius 3 is 1.26 bits per heavy atom. The van der Waals surface area contributed by atoms with Gasteiger partial charge in [-0.2, -0.15) is 20.4 Å². The van der Waals surface area contributed by atoms with Crippen molar-refractivity contribution in [3.05, 3.63) is 156 Å². The molecule has 0 aliphatic rings. The Morgan fingerprint density at radius 2 is 0.879 bits per heavy atom. The van der Waals surface area contributed by atoms with Crippen molar-refractivity contribution in [3.63, 3.8) is 0 Å². The second-order valence-corrected chi connectivity index (χ2v) is 14.0. The Hall–Kier alpha value is -8.94. The van der Waals surface area contributed by atoms with Gasteiger partial charge in [0.05, 0.1) is 59.0 Å². The molecular weight excluding hydrogens is 841 g/mol. The number of aryl methyl sites for hydroxylation is 2. The molecular formula is C46H46N16O4. The number of hydrogen-bond donors (Lipinski definition) is 0. The van der Waals surface area contributed by atoms with Crippen molar-refractivity contribution in [2.75, 3.05) is 48.2 Å². The van der Waals surface area contributed by atoms with Gasteiger partial charge in [-0.3, -0.25) is 20.0 Å². The van der Waals surface area contributed by atoms with Crippen LogP contribution in [0, 0.1) is 13.8 Å². The van der Waals surface area contributed by atoms with Crippen LogP contribution in [0.15, 0.2) is 131 Å². The highest BCUT2D eigenvalue weighted by Gasteiger charge is 2.13. The van der Waals surface area contributed by atoms with Crippen LogP contribution in [-0.4, -0.2) is 105 Å². The molecule has 0 saturated heterocycles. The van der Waals surface area contributed by atoms with Gasteiger partial charge in [0.15, 0.2) is 29.1 Å². The first-order valence-corrected chi connectivity index (χ1v) is 20.1. The average Bonchev–Trinajstić information content (AvgIpc) is 3.34. The fourth-order valence-electron chi connectivity index (χ4n) is 5.60. The molecule has 1 aromatic carbocycles. The predicted molar refractivity (Wildman–Crippen MR) is 253 cm³/mol. The van der Waals surface area contributed by atoms with Gasteiger partial charge in [0.25, 0.3) is 0 Å². The zero-order valence-electron chi connectivity index (χ0n) is 37.2. The van der Waals surface area contributed by atoms with E-state index < -0.39 is 11.9 Å². The maximum absolute atomic E-state index is 11.5. The molecule has 0 aliphatic carbocycles. The van der Waals surface area contributed by atoms with Crippen LogP contribution in [0.5, 0.6) is 0 Å². The number of anilines is 4. The lowest BCUT2D eigenvalue weighted by Crippen LogP contribution is -2.17. The van der Waals surface area contributed by atoms with Crippen LogP contribution >= 0.6 is 0 Å². The summed E-state index contributed by atoms with van der Waals surface area (Å²) in [7, 11) is 7.03. The molecule has 0 unspecified atom stereocenters. The number of carbonyl (C=O) groups excluding carboxylic acids is 2. The zero-order chi connectivity index (χ0) is 47.0. The van der Waals surface area contributed by atoms with Gasteiger partial charge in [-0.05, 0) is 44.2 Å². The molecule has 0 radical (unpaired) electrons. The Bertz CT molecular complexity index is 2650. The highest BCUT2D eigenvalue weighted by Crippen LogP contribution is 2.21. The topological polar surface area (TPSA) is 218 Å². The lowest BCUT2D eigenvalue weighted by atomic mass is 10.2. The van der Waals surface area contributed by atoms with E-state index in [1.807, 2.05) is 30.3 Å². The third-order valence-corrected chi connectivity index (χ3v) is 8.91. The van der Waals surface area contributed by atoms with Crippen molar-refractivity contribution < 1.29 is 19.1 Å². The minimum absolute atomic E-state index is 0.0115. The van der Waals surface area contributed by atoms with Crippen LogP contribution in [0.2, 0.25) is 0 Å². The molecule has 0 aliphatic heterocycles. The van der Waals surface area contributed by atoms with Gasteiger partial charge in [0, 0.05) is 58.0 Å². The largest absolute Gasteiger partial charge is 0.456 e. The third-order valence-electron chi connectivity index (χ3n) is 8.91. The van der Waals surface area contributed by atoms with E-state index in [1.54, 1.807) is 142 Å². The molecule has 0 fully saturated rings. The fraction of sp³-hybridized carbons (Fsp3) is 0.174. The van der Waals surface area contributed by atoms with Crippen molar-refractivity contribution in [3.8, 4) is 11.4 Å². The SMILES string of the molecule is C=CC(=O)OCc1cccc(/C=N/N(C)c2cc(N(C)/N=C/c3cc(/C=N/N(C)c4cc(N(C)/N=C/c5cccc(COC(=O)C=C)n5)nc(C)n4)nc(-c4ccccc4)n3)nc(C)n2)n1. The molecule has 20 nitrogen and oxygen atoms in total. The summed E-state index contributed by atoms with van der Waals surface area (Å²) in [5.41, 5.74) is 4.08. The quantitative estimate of drug-likeness (QED) is 0.0426. The van der Waals surface area contributed by atoms with Crippen LogP contribution in [-0.2, 0) is 32.3 Å². The number of ether oxygens (including phenoxy) is 2. The molecule has 0 bridgehead atoms. The highest BCUT2D eigenvalue weighted by atomic mass is 16.5. The number of pyridine rings is 2. The number of benzene rings is 1. The van der Waals surface area contributed by atoms with Crippen LogP contribution in [0.25, 0.3) is 11.4 Å². The summed E-state index contributed by atoms with van der Waals surface area (Å²) < 4.78 is 10.2. The van der Waals surface area contributed by atoms with Crippen molar-refractivity contribution in [1.82, 2.24) is 39.9 Å². The van der Waals surface area contributed by atoms with E-state index in [1.165, 1.54) is 0 Å². The van der Waals surface area contributed by atoms with E-state index in [2.05, 4.69) is 63.5 Å². The zero-order valence-corrected chi connectivity index (χ0v) is 37.2. The van der Waals surface area contributed by atoms with Crippen LogP contribution < -0.4 is 20.0 Å². The summed E-state index contributed by atoms with van der Waals surface area (Å²) in [5, 5.41) is 24.7. The van der Waals surface area contributed by atoms with Gasteiger partial charge in [-0.15, -0.1) is 0 Å². The number of carbonyl (C=O) groups is 2. The van der Waals surface area contributed by atoms with Crippen molar-refractivity contribution in [2.45, 2.75) is 27.1 Å². The molecule has 20 heteroatoms. The van der Waals surface area contributed by atoms with Crippen molar-refractivity contribution in [1.29, 1.82) is 0 Å². The molecule has 66 heavy (non-hydrogen) atoms. The van der Waals surface area contributed by atoms with E-state index in [-0.39, 0.29) is 13.2 Å². The summed E-state index contributed by atoms with van der Waals surface area (Å²) in [6.07, 6.45) is 8.57.